The molecule has 1 aromatic carbocycles. The summed E-state index contributed by atoms with van der Waals surface area (Å²) in [6.45, 7) is 4.63. The molecule has 2 rings (SSSR count). The Bertz CT molecular complexity index is 302. The van der Waals surface area contributed by atoms with E-state index in [0.717, 1.165) is 0 Å². The van der Waals surface area contributed by atoms with Gasteiger partial charge in [0.15, 0.2) is 0 Å². The maximum Gasteiger partial charge on any atom is 0.0406 e. The largest absolute Gasteiger partial charge is 0.0838 e. The third-order valence-electron chi connectivity index (χ3n) is 2.72. The molecule has 0 aromatic heterocycles. The third kappa shape index (κ3) is 1.11. The highest BCUT2D eigenvalue weighted by molar-refractivity contribution is 9.09. The van der Waals surface area contributed by atoms with Crippen molar-refractivity contribution in [3.63, 3.8) is 0 Å². The van der Waals surface area contributed by atoms with Gasteiger partial charge in [-0.2, -0.15) is 0 Å². The average Bonchev–Trinajstić information content (AvgIpc) is 2.25. The van der Waals surface area contributed by atoms with Gasteiger partial charge in [-0.25, -0.2) is 0 Å². The number of hydrogen-bond donors (Lipinski definition) is 0. The van der Waals surface area contributed by atoms with Crippen molar-refractivity contribution in [1.82, 2.24) is 0 Å². The van der Waals surface area contributed by atoms with Gasteiger partial charge in [0.1, 0.15) is 0 Å². The van der Waals surface area contributed by atoms with E-state index in [-0.39, 0.29) is 0 Å². The van der Waals surface area contributed by atoms with Crippen molar-refractivity contribution in [3.8, 4) is 0 Å². The van der Waals surface area contributed by atoms with E-state index in [4.69, 9.17) is 0 Å². The number of hydrogen-bond acceptors (Lipinski definition) is 0. The molecule has 0 aliphatic heterocycles. The molecular weight excluding hydrogens is 212 g/mol. The van der Waals surface area contributed by atoms with Crippen LogP contribution in [-0.2, 0) is 5.41 Å². The second kappa shape index (κ2) is 2.59. The van der Waals surface area contributed by atoms with Crippen LogP contribution in [0, 0.1) is 0 Å². The zero-order chi connectivity index (χ0) is 8.77. The molecule has 1 aliphatic carbocycles. The normalized spacial score (nSPS) is 25.4. The molecule has 0 amide bonds. The van der Waals surface area contributed by atoms with Crippen molar-refractivity contribution in [2.75, 3.05) is 0 Å². The Kier molecular flexibility index (Phi) is 1.80. The lowest BCUT2D eigenvalue weighted by molar-refractivity contribution is 0.521. The number of alkyl halides is 1. The van der Waals surface area contributed by atoms with Gasteiger partial charge in [-0.15, -0.1) is 0 Å². The van der Waals surface area contributed by atoms with Crippen LogP contribution < -0.4 is 0 Å². The summed E-state index contributed by atoms with van der Waals surface area (Å²) in [5, 5.41) is 0. The van der Waals surface area contributed by atoms with Crippen molar-refractivity contribution < 1.29 is 0 Å². The summed E-state index contributed by atoms with van der Waals surface area (Å²) in [5.41, 5.74) is 3.33. The second-order valence-corrected chi connectivity index (χ2v) is 5.25. The topological polar surface area (TPSA) is 0 Å². The monoisotopic (exact) mass is 224 g/mol. The molecule has 0 spiro atoms. The highest BCUT2D eigenvalue weighted by atomic mass is 79.9. The maximum atomic E-state index is 3.71. The van der Waals surface area contributed by atoms with Gasteiger partial charge < -0.3 is 0 Å². The predicted molar refractivity (Wildman–Crippen MR) is 55.8 cm³/mol. The van der Waals surface area contributed by atoms with Gasteiger partial charge in [0.05, 0.1) is 0 Å². The van der Waals surface area contributed by atoms with Gasteiger partial charge in [0.25, 0.3) is 0 Å². The molecule has 1 aliphatic rings. The molecule has 1 heteroatoms. The van der Waals surface area contributed by atoms with Gasteiger partial charge in [-0.3, -0.25) is 0 Å². The quantitative estimate of drug-likeness (QED) is 0.589. The van der Waals surface area contributed by atoms with Gasteiger partial charge in [-0.1, -0.05) is 54.0 Å². The van der Waals surface area contributed by atoms with E-state index in [1.165, 1.54) is 17.5 Å². The van der Waals surface area contributed by atoms with E-state index in [2.05, 4.69) is 54.0 Å². The highest BCUT2D eigenvalue weighted by Gasteiger charge is 2.34. The molecule has 12 heavy (non-hydrogen) atoms. The second-order valence-electron chi connectivity index (χ2n) is 4.14. The minimum absolute atomic E-state index is 0.352. The summed E-state index contributed by atoms with van der Waals surface area (Å²) < 4.78 is 0. The van der Waals surface area contributed by atoms with E-state index in [1.807, 2.05) is 0 Å². The Morgan fingerprint density at radius 2 is 2.00 bits per heavy atom. The van der Waals surface area contributed by atoms with Crippen molar-refractivity contribution >= 4 is 15.9 Å². The minimum Gasteiger partial charge on any atom is -0.0838 e. The fraction of sp³-hybridized carbons (Fsp3) is 0.455. The molecule has 0 N–H and O–H groups in total. The van der Waals surface area contributed by atoms with Gasteiger partial charge >= 0.3 is 0 Å². The number of halogens is 1. The summed E-state index contributed by atoms with van der Waals surface area (Å²) in [7, 11) is 0. The Labute approximate surface area is 82.1 Å². The smallest absolute Gasteiger partial charge is 0.0406 e. The zero-order valence-electron chi connectivity index (χ0n) is 7.47. The van der Waals surface area contributed by atoms with Crippen molar-refractivity contribution in [2.45, 2.75) is 30.5 Å². The fourth-order valence-electron chi connectivity index (χ4n) is 2.05. The van der Waals surface area contributed by atoms with Crippen LogP contribution in [0.15, 0.2) is 24.3 Å². The molecule has 1 aromatic rings. The van der Waals surface area contributed by atoms with Gasteiger partial charge in [-0.05, 0) is 23.0 Å². The molecule has 1 atom stereocenters. The van der Waals surface area contributed by atoms with Crippen LogP contribution in [0.25, 0.3) is 0 Å². The van der Waals surface area contributed by atoms with E-state index >= 15 is 0 Å². The summed E-state index contributed by atoms with van der Waals surface area (Å²) in [6.07, 6.45) is 1.21. The first-order chi connectivity index (χ1) is 5.61. The van der Waals surface area contributed by atoms with Crippen molar-refractivity contribution in [3.05, 3.63) is 35.4 Å². The fourth-order valence-corrected chi connectivity index (χ4v) is 3.26. The molecule has 0 saturated heterocycles. The molecule has 0 fully saturated rings. The molecule has 0 heterocycles. The Balaban J connectivity index is 2.58. The summed E-state index contributed by atoms with van der Waals surface area (Å²) in [6, 6.07) is 8.72. The van der Waals surface area contributed by atoms with E-state index in [0.29, 0.717) is 10.2 Å². The summed E-state index contributed by atoms with van der Waals surface area (Å²) >= 11 is 3.71. The first-order valence-corrected chi connectivity index (χ1v) is 5.26. The minimum atomic E-state index is 0.352. The predicted octanol–water partition coefficient (Wildman–Crippen LogP) is 3.80. The van der Waals surface area contributed by atoms with Crippen LogP contribution in [-0.4, -0.2) is 0 Å². The summed E-state index contributed by atoms with van der Waals surface area (Å²) in [4.78, 5) is 0.559. The standard InChI is InChI=1S/C11H13Br/c1-11(2)7-10(12)8-5-3-4-6-9(8)11/h3-6,10H,7H2,1-2H3. The number of benzene rings is 1. The van der Waals surface area contributed by atoms with E-state index in [1.54, 1.807) is 0 Å². The lowest BCUT2D eigenvalue weighted by Gasteiger charge is -2.18. The Morgan fingerprint density at radius 1 is 1.33 bits per heavy atom. The SMILES string of the molecule is CC1(C)CC(Br)c2ccccc21. The van der Waals surface area contributed by atoms with Crippen LogP contribution in [0.2, 0.25) is 0 Å². The van der Waals surface area contributed by atoms with Gasteiger partial charge in [0, 0.05) is 4.83 Å². The number of fused-ring (bicyclic) bond motifs is 1. The Morgan fingerprint density at radius 3 is 2.67 bits per heavy atom. The summed E-state index contributed by atoms with van der Waals surface area (Å²) in [5.74, 6) is 0. The zero-order valence-corrected chi connectivity index (χ0v) is 9.06. The van der Waals surface area contributed by atoms with E-state index in [9.17, 15) is 0 Å². The molecule has 1 unspecified atom stereocenters. The first kappa shape index (κ1) is 8.31. The van der Waals surface area contributed by atoms with Crippen LogP contribution in [0.3, 0.4) is 0 Å². The molecule has 0 nitrogen and oxygen atoms in total. The lowest BCUT2D eigenvalue weighted by atomic mass is 9.87. The van der Waals surface area contributed by atoms with Gasteiger partial charge in [0.2, 0.25) is 0 Å². The molecule has 0 saturated carbocycles. The molecule has 64 valence electrons. The van der Waals surface area contributed by atoms with Crippen LogP contribution >= 0.6 is 15.9 Å². The van der Waals surface area contributed by atoms with Crippen LogP contribution in [0.4, 0.5) is 0 Å². The molecule has 0 bridgehead atoms. The molecular formula is C11H13Br. The Hall–Kier alpha value is -0.300. The maximum absolute atomic E-state index is 3.71. The van der Waals surface area contributed by atoms with E-state index < -0.39 is 0 Å². The van der Waals surface area contributed by atoms with Crippen molar-refractivity contribution in [2.24, 2.45) is 0 Å². The average molecular weight is 225 g/mol. The highest BCUT2D eigenvalue weighted by Crippen LogP contribution is 2.48. The lowest BCUT2D eigenvalue weighted by Crippen LogP contribution is -2.11. The molecule has 0 radical (unpaired) electrons. The van der Waals surface area contributed by atoms with Crippen LogP contribution in [0.1, 0.15) is 36.2 Å². The van der Waals surface area contributed by atoms with Crippen LogP contribution in [0.5, 0.6) is 0 Å². The number of rotatable bonds is 0. The third-order valence-corrected chi connectivity index (χ3v) is 3.53. The van der Waals surface area contributed by atoms with Crippen molar-refractivity contribution in [1.29, 1.82) is 0 Å². The first-order valence-electron chi connectivity index (χ1n) is 4.35.